The first kappa shape index (κ1) is 18.3. The van der Waals surface area contributed by atoms with Crippen molar-refractivity contribution in [2.75, 3.05) is 34.9 Å². The van der Waals surface area contributed by atoms with Gasteiger partial charge in [-0.15, -0.1) is 0 Å². The Hall–Kier alpha value is -1.10. The first-order valence-electron chi connectivity index (χ1n) is 5.49. The van der Waals surface area contributed by atoms with Gasteiger partial charge < -0.3 is 18.9 Å². The molecule has 0 N–H and O–H groups in total. The molecule has 0 aromatic heterocycles. The summed E-state index contributed by atoms with van der Waals surface area (Å²) in [5, 5.41) is 0. The van der Waals surface area contributed by atoms with Crippen LogP contribution < -0.4 is 4.74 Å². The molecule has 0 saturated heterocycles. The van der Waals surface area contributed by atoms with E-state index in [2.05, 4.69) is 9.47 Å². The van der Waals surface area contributed by atoms with Gasteiger partial charge in [-0.05, 0) is 12.1 Å². The van der Waals surface area contributed by atoms with Gasteiger partial charge >= 0.3 is 0 Å². The Morgan fingerprint density at radius 1 is 0.765 bits per heavy atom. The summed E-state index contributed by atoms with van der Waals surface area (Å²) >= 11 is 0. The monoisotopic (exact) mass is 244 g/mol. The lowest BCUT2D eigenvalue weighted by molar-refractivity contribution is -0.00272. The van der Waals surface area contributed by atoms with Gasteiger partial charge in [-0.25, -0.2) is 0 Å². The topological polar surface area (TPSA) is 36.9 Å². The fourth-order valence-electron chi connectivity index (χ4n) is 0.762. The zero-order valence-corrected chi connectivity index (χ0v) is 11.4. The van der Waals surface area contributed by atoms with Crippen LogP contribution in [0.3, 0.4) is 0 Å². The summed E-state index contributed by atoms with van der Waals surface area (Å²) in [6.07, 6.45) is 0. The summed E-state index contributed by atoms with van der Waals surface area (Å²) in [5.41, 5.74) is 0. The normalized spacial score (nSPS) is 8.29. The minimum Gasteiger partial charge on any atom is -0.468 e. The summed E-state index contributed by atoms with van der Waals surface area (Å²) < 4.78 is 18.8. The molecule has 1 rings (SSSR count). The van der Waals surface area contributed by atoms with Crippen molar-refractivity contribution in [2.45, 2.75) is 13.8 Å². The van der Waals surface area contributed by atoms with Gasteiger partial charge in [-0.1, -0.05) is 32.0 Å². The number of benzene rings is 1. The first-order valence-corrected chi connectivity index (χ1v) is 5.49. The van der Waals surface area contributed by atoms with Crippen LogP contribution >= 0.6 is 0 Å². The highest BCUT2D eigenvalue weighted by Crippen LogP contribution is 2.07. The van der Waals surface area contributed by atoms with Gasteiger partial charge in [0.25, 0.3) is 0 Å². The molecule has 0 atom stereocenters. The molecule has 4 heteroatoms. The Labute approximate surface area is 104 Å². The number of para-hydroxylation sites is 1. The highest BCUT2D eigenvalue weighted by Gasteiger charge is 1.86. The number of ether oxygens (including phenoxy) is 4. The molecule has 0 amide bonds. The van der Waals surface area contributed by atoms with E-state index in [4.69, 9.17) is 9.47 Å². The predicted molar refractivity (Wildman–Crippen MR) is 69.2 cm³/mol. The summed E-state index contributed by atoms with van der Waals surface area (Å²) in [6, 6.07) is 9.56. The SMILES string of the molecule is CC.COCOC.COCOc1ccccc1. The van der Waals surface area contributed by atoms with Gasteiger partial charge in [0, 0.05) is 21.3 Å². The van der Waals surface area contributed by atoms with Crippen LogP contribution in [0.15, 0.2) is 30.3 Å². The molecule has 0 aliphatic rings. The molecule has 0 spiro atoms. The molecule has 17 heavy (non-hydrogen) atoms. The third-order valence-corrected chi connectivity index (χ3v) is 1.32. The van der Waals surface area contributed by atoms with Crippen LogP contribution in [0.25, 0.3) is 0 Å². The minimum atomic E-state index is 0.310. The van der Waals surface area contributed by atoms with Crippen LogP contribution in [0.2, 0.25) is 0 Å². The molecular formula is C13H24O4. The van der Waals surface area contributed by atoms with E-state index >= 15 is 0 Å². The van der Waals surface area contributed by atoms with Crippen LogP contribution in [-0.2, 0) is 14.2 Å². The van der Waals surface area contributed by atoms with Crippen molar-refractivity contribution < 1.29 is 18.9 Å². The molecular weight excluding hydrogens is 220 g/mol. The van der Waals surface area contributed by atoms with Crippen molar-refractivity contribution in [3.63, 3.8) is 0 Å². The van der Waals surface area contributed by atoms with E-state index in [-0.39, 0.29) is 0 Å². The first-order chi connectivity index (χ1) is 8.35. The Morgan fingerprint density at radius 3 is 1.59 bits per heavy atom. The lowest BCUT2D eigenvalue weighted by Crippen LogP contribution is -1.97. The Bertz CT molecular complexity index is 212. The number of rotatable bonds is 5. The molecule has 1 aromatic rings. The number of methoxy groups -OCH3 is 3. The lowest BCUT2D eigenvalue weighted by Gasteiger charge is -2.01. The quantitative estimate of drug-likeness (QED) is 0.746. The van der Waals surface area contributed by atoms with Crippen LogP contribution in [0, 0.1) is 0 Å². The third kappa shape index (κ3) is 14.9. The van der Waals surface area contributed by atoms with E-state index < -0.39 is 0 Å². The maximum atomic E-state index is 5.13. The van der Waals surface area contributed by atoms with Crippen LogP contribution in [-0.4, -0.2) is 34.9 Å². The summed E-state index contributed by atoms with van der Waals surface area (Å²) in [7, 11) is 4.77. The second-order valence-electron chi connectivity index (χ2n) is 2.56. The van der Waals surface area contributed by atoms with Crippen molar-refractivity contribution >= 4 is 0 Å². The maximum Gasteiger partial charge on any atom is 0.188 e. The molecule has 0 heterocycles. The molecule has 0 aliphatic heterocycles. The Morgan fingerprint density at radius 2 is 1.24 bits per heavy atom. The summed E-state index contributed by atoms with van der Waals surface area (Å²) in [4.78, 5) is 0. The van der Waals surface area contributed by atoms with Crippen molar-refractivity contribution in [1.82, 2.24) is 0 Å². The van der Waals surface area contributed by atoms with E-state index in [1.165, 1.54) is 0 Å². The average Bonchev–Trinajstić information content (AvgIpc) is 2.41. The summed E-state index contributed by atoms with van der Waals surface area (Å²) in [6.45, 7) is 4.70. The zero-order chi connectivity index (χ0) is 13.4. The van der Waals surface area contributed by atoms with Crippen molar-refractivity contribution in [2.24, 2.45) is 0 Å². The summed E-state index contributed by atoms with van der Waals surface area (Å²) in [5.74, 6) is 0.837. The molecule has 100 valence electrons. The van der Waals surface area contributed by atoms with E-state index in [0.717, 1.165) is 5.75 Å². The molecule has 0 fully saturated rings. The highest BCUT2D eigenvalue weighted by atomic mass is 16.7. The molecule has 4 nitrogen and oxygen atoms in total. The second-order valence-corrected chi connectivity index (χ2v) is 2.56. The fourth-order valence-corrected chi connectivity index (χ4v) is 0.762. The number of hydrogen-bond acceptors (Lipinski definition) is 4. The third-order valence-electron chi connectivity index (χ3n) is 1.32. The smallest absolute Gasteiger partial charge is 0.188 e. The molecule has 1 aromatic carbocycles. The van der Waals surface area contributed by atoms with Gasteiger partial charge in [0.05, 0.1) is 0 Å². The van der Waals surface area contributed by atoms with E-state index in [0.29, 0.717) is 13.6 Å². The zero-order valence-electron chi connectivity index (χ0n) is 11.4. The number of hydrogen-bond donors (Lipinski definition) is 0. The van der Waals surface area contributed by atoms with Crippen LogP contribution in [0.1, 0.15) is 13.8 Å². The molecule has 0 aliphatic carbocycles. The fraction of sp³-hybridized carbons (Fsp3) is 0.538. The Kier molecular flexibility index (Phi) is 18.6. The minimum absolute atomic E-state index is 0.310. The van der Waals surface area contributed by atoms with Crippen molar-refractivity contribution in [1.29, 1.82) is 0 Å². The van der Waals surface area contributed by atoms with Crippen LogP contribution in [0.4, 0.5) is 0 Å². The van der Waals surface area contributed by atoms with E-state index in [1.807, 2.05) is 44.2 Å². The van der Waals surface area contributed by atoms with Gasteiger partial charge in [0.1, 0.15) is 12.5 Å². The predicted octanol–water partition coefficient (Wildman–Crippen LogP) is 2.93. The second kappa shape index (κ2) is 17.3. The lowest BCUT2D eigenvalue weighted by atomic mass is 10.3. The molecule has 0 bridgehead atoms. The largest absolute Gasteiger partial charge is 0.468 e. The van der Waals surface area contributed by atoms with Crippen molar-refractivity contribution in [3.8, 4) is 5.75 Å². The molecule has 0 radical (unpaired) electrons. The van der Waals surface area contributed by atoms with Gasteiger partial charge in [0.2, 0.25) is 0 Å². The molecule has 0 unspecified atom stereocenters. The van der Waals surface area contributed by atoms with Crippen LogP contribution in [0.5, 0.6) is 5.75 Å². The van der Waals surface area contributed by atoms with E-state index in [9.17, 15) is 0 Å². The Balaban J connectivity index is 0. The maximum absolute atomic E-state index is 5.13. The molecule has 0 saturated carbocycles. The highest BCUT2D eigenvalue weighted by molar-refractivity contribution is 5.20. The van der Waals surface area contributed by atoms with Gasteiger partial charge in [0.15, 0.2) is 6.79 Å². The van der Waals surface area contributed by atoms with E-state index in [1.54, 1.807) is 21.3 Å². The standard InChI is InChI=1S/C8H10O2.C3H8O2.C2H6/c1-9-7-10-8-5-3-2-4-6-8;1-4-3-5-2;1-2/h2-6H,7H2,1H3;3H2,1-2H3;1-2H3. The van der Waals surface area contributed by atoms with Gasteiger partial charge in [-0.2, -0.15) is 0 Å². The van der Waals surface area contributed by atoms with Crippen molar-refractivity contribution in [3.05, 3.63) is 30.3 Å². The van der Waals surface area contributed by atoms with Gasteiger partial charge in [-0.3, -0.25) is 0 Å². The average molecular weight is 244 g/mol.